The van der Waals surface area contributed by atoms with Gasteiger partial charge in [-0.25, -0.2) is 8.78 Å². The second-order valence-electron chi connectivity index (χ2n) is 7.15. The number of ether oxygens (including phenoxy) is 1. The summed E-state index contributed by atoms with van der Waals surface area (Å²) in [7, 11) is 1.58. The fourth-order valence-electron chi connectivity index (χ4n) is 3.46. The first-order valence-corrected chi connectivity index (χ1v) is 10.1. The van der Waals surface area contributed by atoms with Gasteiger partial charge in [0.15, 0.2) is 0 Å². The Morgan fingerprint density at radius 1 is 1.07 bits per heavy atom. The van der Waals surface area contributed by atoms with Crippen molar-refractivity contribution in [3.63, 3.8) is 0 Å². The molecule has 0 spiro atoms. The van der Waals surface area contributed by atoms with Gasteiger partial charge < -0.3 is 14.6 Å². The molecule has 1 aromatic heterocycles. The minimum atomic E-state index is -0.696. The van der Waals surface area contributed by atoms with Crippen LogP contribution in [0, 0.1) is 18.6 Å². The van der Waals surface area contributed by atoms with Crippen molar-refractivity contribution >= 4 is 5.91 Å². The number of carbonyl (C=O) groups excluding carboxylic acids is 1. The lowest BCUT2D eigenvalue weighted by molar-refractivity contribution is 0.0952. The number of unbranched alkanes of at least 4 members (excludes halogenated alkanes) is 2. The van der Waals surface area contributed by atoms with Gasteiger partial charge in [0.2, 0.25) is 0 Å². The highest BCUT2D eigenvalue weighted by Crippen LogP contribution is 2.32. The SMILES string of the molecule is CCCCCNC(=O)c1cc(-c2ccc(OC)cc2)n(-c2ccc(F)cc2F)c1C. The van der Waals surface area contributed by atoms with E-state index in [-0.39, 0.29) is 11.6 Å². The maximum Gasteiger partial charge on any atom is 0.253 e. The Morgan fingerprint density at radius 3 is 2.43 bits per heavy atom. The number of rotatable bonds is 8. The van der Waals surface area contributed by atoms with Crippen LogP contribution in [-0.2, 0) is 0 Å². The van der Waals surface area contributed by atoms with Crippen LogP contribution in [-0.4, -0.2) is 24.1 Å². The van der Waals surface area contributed by atoms with Crippen LogP contribution < -0.4 is 10.1 Å². The van der Waals surface area contributed by atoms with Crippen LogP contribution in [0.1, 0.15) is 42.2 Å². The largest absolute Gasteiger partial charge is 0.497 e. The molecule has 4 nitrogen and oxygen atoms in total. The quantitative estimate of drug-likeness (QED) is 0.485. The van der Waals surface area contributed by atoms with E-state index in [2.05, 4.69) is 12.2 Å². The van der Waals surface area contributed by atoms with E-state index in [0.29, 0.717) is 29.2 Å². The fraction of sp³-hybridized carbons (Fsp3) is 0.292. The number of nitrogens with one attached hydrogen (secondary N) is 1. The molecule has 0 bridgehead atoms. The maximum atomic E-state index is 14.6. The highest BCUT2D eigenvalue weighted by atomic mass is 19.1. The molecule has 1 heterocycles. The molecule has 2 aromatic carbocycles. The van der Waals surface area contributed by atoms with E-state index in [0.717, 1.165) is 30.9 Å². The minimum Gasteiger partial charge on any atom is -0.497 e. The lowest BCUT2D eigenvalue weighted by atomic mass is 10.1. The lowest BCUT2D eigenvalue weighted by Crippen LogP contribution is -2.24. The third-order valence-electron chi connectivity index (χ3n) is 5.09. The molecular weight excluding hydrogens is 386 g/mol. The summed E-state index contributed by atoms with van der Waals surface area (Å²) in [6.07, 6.45) is 3.01. The first kappa shape index (κ1) is 21.6. The topological polar surface area (TPSA) is 43.3 Å². The summed E-state index contributed by atoms with van der Waals surface area (Å²) >= 11 is 0. The van der Waals surface area contributed by atoms with Crippen molar-refractivity contribution in [3.8, 4) is 22.7 Å². The molecule has 1 amide bonds. The van der Waals surface area contributed by atoms with E-state index in [1.54, 1.807) is 36.8 Å². The summed E-state index contributed by atoms with van der Waals surface area (Å²) in [6, 6.07) is 12.5. The molecule has 0 unspecified atom stereocenters. The molecule has 0 radical (unpaired) electrons. The Kier molecular flexibility index (Phi) is 6.87. The first-order valence-electron chi connectivity index (χ1n) is 10.1. The highest BCUT2D eigenvalue weighted by molar-refractivity contribution is 5.97. The summed E-state index contributed by atoms with van der Waals surface area (Å²) in [5.41, 5.74) is 2.65. The molecule has 3 aromatic rings. The van der Waals surface area contributed by atoms with E-state index < -0.39 is 11.6 Å². The van der Waals surface area contributed by atoms with E-state index >= 15 is 0 Å². The molecule has 158 valence electrons. The van der Waals surface area contributed by atoms with Crippen LogP contribution in [0.4, 0.5) is 8.78 Å². The number of hydrogen-bond donors (Lipinski definition) is 1. The molecule has 0 aliphatic heterocycles. The Morgan fingerprint density at radius 2 is 1.80 bits per heavy atom. The van der Waals surface area contributed by atoms with Gasteiger partial charge in [0, 0.05) is 18.3 Å². The van der Waals surface area contributed by atoms with Gasteiger partial charge >= 0.3 is 0 Å². The van der Waals surface area contributed by atoms with Gasteiger partial charge in [0.1, 0.15) is 17.4 Å². The second-order valence-corrected chi connectivity index (χ2v) is 7.15. The number of halogens is 2. The lowest BCUT2D eigenvalue weighted by Gasteiger charge is -2.14. The van der Waals surface area contributed by atoms with Gasteiger partial charge in [-0.05, 0) is 61.4 Å². The third kappa shape index (κ3) is 4.53. The molecule has 6 heteroatoms. The molecule has 0 saturated heterocycles. The van der Waals surface area contributed by atoms with Gasteiger partial charge in [-0.1, -0.05) is 19.8 Å². The van der Waals surface area contributed by atoms with Crippen LogP contribution >= 0.6 is 0 Å². The maximum absolute atomic E-state index is 14.6. The van der Waals surface area contributed by atoms with E-state index in [1.807, 2.05) is 12.1 Å². The van der Waals surface area contributed by atoms with Gasteiger partial charge in [-0.2, -0.15) is 0 Å². The minimum absolute atomic E-state index is 0.185. The van der Waals surface area contributed by atoms with E-state index in [1.165, 1.54) is 12.1 Å². The van der Waals surface area contributed by atoms with Crippen molar-refractivity contribution in [1.82, 2.24) is 9.88 Å². The van der Waals surface area contributed by atoms with Crippen LogP contribution in [0.5, 0.6) is 5.75 Å². The summed E-state index contributed by atoms with van der Waals surface area (Å²) in [5.74, 6) is -0.866. The first-order chi connectivity index (χ1) is 14.5. The predicted molar refractivity (Wildman–Crippen MR) is 114 cm³/mol. The number of nitrogens with zero attached hydrogens (tertiary/aromatic N) is 1. The van der Waals surface area contributed by atoms with Crippen molar-refractivity contribution < 1.29 is 18.3 Å². The van der Waals surface area contributed by atoms with Gasteiger partial charge in [0.05, 0.1) is 24.1 Å². The summed E-state index contributed by atoms with van der Waals surface area (Å²) in [6.45, 7) is 4.45. The van der Waals surface area contributed by atoms with Crippen LogP contribution in [0.2, 0.25) is 0 Å². The average molecular weight is 412 g/mol. The number of hydrogen-bond acceptors (Lipinski definition) is 2. The van der Waals surface area contributed by atoms with E-state index in [4.69, 9.17) is 4.74 Å². The van der Waals surface area contributed by atoms with Crippen molar-refractivity contribution in [3.05, 3.63) is 71.4 Å². The Bertz CT molecular complexity index is 1030. The normalized spacial score (nSPS) is 10.8. The third-order valence-corrected chi connectivity index (χ3v) is 5.09. The number of methoxy groups -OCH3 is 1. The van der Waals surface area contributed by atoms with Gasteiger partial charge in [0.25, 0.3) is 5.91 Å². The average Bonchev–Trinajstić information content (AvgIpc) is 3.08. The van der Waals surface area contributed by atoms with Gasteiger partial charge in [-0.15, -0.1) is 0 Å². The van der Waals surface area contributed by atoms with E-state index in [9.17, 15) is 13.6 Å². The van der Waals surface area contributed by atoms with Crippen LogP contribution in [0.3, 0.4) is 0 Å². The van der Waals surface area contributed by atoms with Crippen LogP contribution in [0.15, 0.2) is 48.5 Å². The Labute approximate surface area is 175 Å². The zero-order valence-electron chi connectivity index (χ0n) is 17.5. The van der Waals surface area contributed by atoms with Gasteiger partial charge in [-0.3, -0.25) is 4.79 Å². The van der Waals surface area contributed by atoms with Crippen LogP contribution in [0.25, 0.3) is 16.9 Å². The molecule has 0 saturated carbocycles. The zero-order chi connectivity index (χ0) is 21.7. The molecule has 1 N–H and O–H groups in total. The molecular formula is C24H26F2N2O2. The molecule has 0 aliphatic rings. The summed E-state index contributed by atoms with van der Waals surface area (Å²) in [4.78, 5) is 12.8. The fourth-order valence-corrected chi connectivity index (χ4v) is 3.46. The molecule has 3 rings (SSSR count). The molecule has 0 fully saturated rings. The predicted octanol–water partition coefficient (Wildman–Crippen LogP) is 5.66. The van der Waals surface area contributed by atoms with Crippen molar-refractivity contribution in [2.24, 2.45) is 0 Å². The molecule has 0 aliphatic carbocycles. The summed E-state index contributed by atoms with van der Waals surface area (Å²) in [5, 5.41) is 2.93. The Balaban J connectivity index is 2.08. The standard InChI is InChI=1S/C24H26F2N2O2/c1-4-5-6-13-27-24(29)20-15-23(17-7-10-19(30-3)11-8-17)28(16(20)2)22-12-9-18(25)14-21(22)26/h7-12,14-15H,4-6,13H2,1-3H3,(H,27,29). The smallest absolute Gasteiger partial charge is 0.253 e. The summed E-state index contributed by atoms with van der Waals surface area (Å²) < 4.78 is 35.0. The monoisotopic (exact) mass is 412 g/mol. The second kappa shape index (κ2) is 9.57. The number of aromatic nitrogens is 1. The molecule has 30 heavy (non-hydrogen) atoms. The van der Waals surface area contributed by atoms with Crippen molar-refractivity contribution in [2.75, 3.05) is 13.7 Å². The highest BCUT2D eigenvalue weighted by Gasteiger charge is 2.21. The van der Waals surface area contributed by atoms with Crippen molar-refractivity contribution in [2.45, 2.75) is 33.1 Å². The number of benzene rings is 2. The number of amides is 1. The van der Waals surface area contributed by atoms with Crippen molar-refractivity contribution in [1.29, 1.82) is 0 Å². The molecule has 0 atom stereocenters. The Hall–Kier alpha value is -3.15. The zero-order valence-corrected chi connectivity index (χ0v) is 17.5. The number of carbonyl (C=O) groups is 1.